The molecule has 0 radical (unpaired) electrons. The lowest BCUT2D eigenvalue weighted by atomic mass is 9.95. The van der Waals surface area contributed by atoms with Gasteiger partial charge in [0.15, 0.2) is 0 Å². The van der Waals surface area contributed by atoms with Crippen molar-refractivity contribution in [1.29, 1.82) is 0 Å². The second kappa shape index (κ2) is 7.44. The Morgan fingerprint density at radius 1 is 1.17 bits per heavy atom. The SMILES string of the molecule is Cc1cccnc1-c1cccc2c1OC(CNC(=O)C1(c3ccc(Cl)cc3)CC1)C2. The van der Waals surface area contributed by atoms with Crippen LogP contribution in [0, 0.1) is 6.92 Å². The summed E-state index contributed by atoms with van der Waals surface area (Å²) in [7, 11) is 0. The number of ether oxygens (including phenoxy) is 1. The van der Waals surface area contributed by atoms with Gasteiger partial charge in [0.05, 0.1) is 17.7 Å². The number of aryl methyl sites for hydroxylation is 1. The summed E-state index contributed by atoms with van der Waals surface area (Å²) >= 11 is 6.00. The van der Waals surface area contributed by atoms with Crippen LogP contribution in [0.15, 0.2) is 60.8 Å². The minimum atomic E-state index is -0.410. The molecule has 5 heteroatoms. The lowest BCUT2D eigenvalue weighted by molar-refractivity contribution is -0.123. The molecule has 0 spiro atoms. The van der Waals surface area contributed by atoms with Crippen molar-refractivity contribution >= 4 is 17.5 Å². The third-order valence-electron chi connectivity index (χ3n) is 6.16. The van der Waals surface area contributed by atoms with Gasteiger partial charge in [-0.25, -0.2) is 0 Å². The number of hydrogen-bond acceptors (Lipinski definition) is 3. The average Bonchev–Trinajstić information content (AvgIpc) is 3.46. The van der Waals surface area contributed by atoms with Gasteiger partial charge in [0, 0.05) is 23.2 Å². The maximum absolute atomic E-state index is 13.0. The zero-order chi connectivity index (χ0) is 20.7. The predicted octanol–water partition coefficient (Wildman–Crippen LogP) is 4.86. The number of rotatable bonds is 5. The molecule has 1 aliphatic heterocycles. The first-order valence-electron chi connectivity index (χ1n) is 10.3. The van der Waals surface area contributed by atoms with Gasteiger partial charge in [0.1, 0.15) is 11.9 Å². The van der Waals surface area contributed by atoms with E-state index in [1.165, 1.54) is 0 Å². The van der Waals surface area contributed by atoms with Gasteiger partial charge in [-0.2, -0.15) is 0 Å². The van der Waals surface area contributed by atoms with Crippen molar-refractivity contribution in [3.63, 3.8) is 0 Å². The Bertz CT molecular complexity index is 1110. The van der Waals surface area contributed by atoms with Gasteiger partial charge in [0.2, 0.25) is 5.91 Å². The second-order valence-electron chi connectivity index (χ2n) is 8.21. The highest BCUT2D eigenvalue weighted by molar-refractivity contribution is 6.30. The molecular weight excluding hydrogens is 396 g/mol. The van der Waals surface area contributed by atoms with Crippen molar-refractivity contribution in [1.82, 2.24) is 10.3 Å². The van der Waals surface area contributed by atoms with E-state index >= 15 is 0 Å². The summed E-state index contributed by atoms with van der Waals surface area (Å²) in [6.45, 7) is 2.55. The van der Waals surface area contributed by atoms with Crippen molar-refractivity contribution in [3.8, 4) is 17.0 Å². The fraction of sp³-hybridized carbons (Fsp3) is 0.280. The first-order valence-corrected chi connectivity index (χ1v) is 10.7. The molecule has 1 amide bonds. The van der Waals surface area contributed by atoms with Crippen LogP contribution >= 0.6 is 11.6 Å². The lowest BCUT2D eigenvalue weighted by Crippen LogP contribution is -2.40. The number of carbonyl (C=O) groups is 1. The summed E-state index contributed by atoms with van der Waals surface area (Å²) in [4.78, 5) is 17.5. The number of fused-ring (bicyclic) bond motifs is 1. The summed E-state index contributed by atoms with van der Waals surface area (Å²) in [5.74, 6) is 0.961. The Morgan fingerprint density at radius 2 is 1.97 bits per heavy atom. The Morgan fingerprint density at radius 3 is 2.70 bits per heavy atom. The van der Waals surface area contributed by atoms with Crippen molar-refractivity contribution in [2.24, 2.45) is 0 Å². The van der Waals surface area contributed by atoms with Gasteiger partial charge >= 0.3 is 0 Å². The van der Waals surface area contributed by atoms with Crippen molar-refractivity contribution < 1.29 is 9.53 Å². The second-order valence-corrected chi connectivity index (χ2v) is 8.64. The van der Waals surface area contributed by atoms with Crippen LogP contribution in [0.5, 0.6) is 5.75 Å². The van der Waals surface area contributed by atoms with E-state index in [1.54, 1.807) is 6.20 Å². The van der Waals surface area contributed by atoms with E-state index in [9.17, 15) is 4.79 Å². The number of hydrogen-bond donors (Lipinski definition) is 1. The molecule has 2 aliphatic rings. The largest absolute Gasteiger partial charge is 0.487 e. The smallest absolute Gasteiger partial charge is 0.230 e. The standard InChI is InChI=1S/C25H23ClN2O2/c1-16-4-3-13-27-22(16)21-6-2-5-17-14-20(30-23(17)21)15-28-24(29)25(11-12-25)18-7-9-19(26)10-8-18/h2-10,13,20H,11-12,14-15H2,1H3,(H,28,29). The molecule has 3 aromatic rings. The van der Waals surface area contributed by atoms with E-state index in [-0.39, 0.29) is 12.0 Å². The van der Waals surface area contributed by atoms with Crippen LogP contribution in [0.2, 0.25) is 5.02 Å². The van der Waals surface area contributed by atoms with E-state index in [4.69, 9.17) is 16.3 Å². The summed E-state index contributed by atoms with van der Waals surface area (Å²) in [6, 6.07) is 17.8. The van der Waals surface area contributed by atoms with Crippen molar-refractivity contribution in [3.05, 3.63) is 82.5 Å². The maximum Gasteiger partial charge on any atom is 0.230 e. The number of para-hydroxylation sites is 1. The molecule has 2 aromatic carbocycles. The minimum Gasteiger partial charge on any atom is -0.487 e. The topological polar surface area (TPSA) is 51.2 Å². The Labute approximate surface area is 181 Å². The number of benzene rings is 2. The number of amides is 1. The van der Waals surface area contributed by atoms with Crippen LogP contribution in [0.1, 0.15) is 29.5 Å². The zero-order valence-electron chi connectivity index (χ0n) is 16.8. The highest BCUT2D eigenvalue weighted by Crippen LogP contribution is 2.48. The summed E-state index contributed by atoms with van der Waals surface area (Å²) in [5.41, 5.74) is 4.86. The van der Waals surface area contributed by atoms with Gasteiger partial charge in [-0.3, -0.25) is 9.78 Å². The summed E-state index contributed by atoms with van der Waals surface area (Å²) in [5, 5.41) is 3.82. The molecule has 30 heavy (non-hydrogen) atoms. The van der Waals surface area contributed by atoms with Gasteiger partial charge < -0.3 is 10.1 Å². The molecule has 4 nitrogen and oxygen atoms in total. The van der Waals surface area contributed by atoms with Gasteiger partial charge in [0.25, 0.3) is 0 Å². The number of aromatic nitrogens is 1. The van der Waals surface area contributed by atoms with Crippen LogP contribution in [0.3, 0.4) is 0 Å². The van der Waals surface area contributed by atoms with E-state index in [0.717, 1.165) is 53.0 Å². The number of carbonyl (C=O) groups excluding carboxylic acids is 1. The van der Waals surface area contributed by atoms with E-state index in [2.05, 4.69) is 35.4 Å². The van der Waals surface area contributed by atoms with Crippen LogP contribution in [0.4, 0.5) is 0 Å². The molecular formula is C25H23ClN2O2. The fourth-order valence-electron chi connectivity index (χ4n) is 4.32. The molecule has 0 bridgehead atoms. The average molecular weight is 419 g/mol. The van der Waals surface area contributed by atoms with Crippen LogP contribution in [-0.2, 0) is 16.6 Å². The molecule has 1 saturated carbocycles. The number of nitrogens with zero attached hydrogens (tertiary/aromatic N) is 1. The number of halogens is 1. The third kappa shape index (κ3) is 3.35. The summed E-state index contributed by atoms with van der Waals surface area (Å²) in [6.07, 6.45) is 4.25. The Hall–Kier alpha value is -2.85. The van der Waals surface area contributed by atoms with E-state index < -0.39 is 5.41 Å². The van der Waals surface area contributed by atoms with Crippen LogP contribution < -0.4 is 10.1 Å². The monoisotopic (exact) mass is 418 g/mol. The van der Waals surface area contributed by atoms with Crippen molar-refractivity contribution in [2.75, 3.05) is 6.54 Å². The first-order chi connectivity index (χ1) is 14.6. The minimum absolute atomic E-state index is 0.0739. The third-order valence-corrected chi connectivity index (χ3v) is 6.42. The molecule has 0 saturated heterocycles. The number of nitrogens with one attached hydrogen (secondary N) is 1. The van der Waals surface area contributed by atoms with Crippen LogP contribution in [-0.4, -0.2) is 23.5 Å². The molecule has 152 valence electrons. The maximum atomic E-state index is 13.0. The van der Waals surface area contributed by atoms with Gasteiger partial charge in [-0.15, -0.1) is 0 Å². The molecule has 1 aliphatic carbocycles. The Kier molecular flexibility index (Phi) is 4.75. The lowest BCUT2D eigenvalue weighted by Gasteiger charge is -2.18. The molecule has 1 N–H and O–H groups in total. The van der Waals surface area contributed by atoms with Gasteiger partial charge in [-0.05, 0) is 60.7 Å². The fourth-order valence-corrected chi connectivity index (χ4v) is 4.45. The zero-order valence-corrected chi connectivity index (χ0v) is 17.6. The first kappa shape index (κ1) is 19.1. The highest BCUT2D eigenvalue weighted by atomic mass is 35.5. The predicted molar refractivity (Wildman–Crippen MR) is 118 cm³/mol. The normalized spacial score (nSPS) is 18.4. The molecule has 1 fully saturated rings. The van der Waals surface area contributed by atoms with Gasteiger partial charge in [-0.1, -0.05) is 41.9 Å². The highest BCUT2D eigenvalue weighted by Gasteiger charge is 2.51. The molecule has 1 aromatic heterocycles. The Balaban J connectivity index is 1.28. The van der Waals surface area contributed by atoms with Crippen LogP contribution in [0.25, 0.3) is 11.3 Å². The van der Waals surface area contributed by atoms with Crippen molar-refractivity contribution in [2.45, 2.75) is 37.7 Å². The quantitative estimate of drug-likeness (QED) is 0.643. The molecule has 2 heterocycles. The molecule has 1 atom stereocenters. The molecule has 1 unspecified atom stereocenters. The number of pyridine rings is 1. The summed E-state index contributed by atoms with van der Waals surface area (Å²) < 4.78 is 6.28. The molecule has 5 rings (SSSR count). The van der Waals surface area contributed by atoms with E-state index in [1.807, 2.05) is 36.4 Å². The van der Waals surface area contributed by atoms with E-state index in [0.29, 0.717) is 11.6 Å².